The lowest BCUT2D eigenvalue weighted by atomic mass is 10.5. The first-order chi connectivity index (χ1) is 3.60. The second-order valence-electron chi connectivity index (χ2n) is 2.01. The minimum Gasteiger partial charge on any atom is -0.362 e. The molecule has 0 aromatic rings. The zero-order valence-corrected chi connectivity index (χ0v) is 5.44. The molecule has 4 heteroatoms. The average molecular weight is 136 g/mol. The molecular weight excluding hydrogens is 128 g/mol. The summed E-state index contributed by atoms with van der Waals surface area (Å²) in [5.74, 6) is 0.0984. The SMILES string of the molecule is C[C@H]1CS(=O)(=O)CO1. The van der Waals surface area contributed by atoms with Crippen molar-refractivity contribution >= 4 is 9.84 Å². The maximum atomic E-state index is 10.5. The number of hydrogen-bond donors (Lipinski definition) is 0. The van der Waals surface area contributed by atoms with Crippen LogP contribution < -0.4 is 0 Å². The van der Waals surface area contributed by atoms with Crippen molar-refractivity contribution in [2.75, 3.05) is 11.7 Å². The van der Waals surface area contributed by atoms with Crippen LogP contribution in [0, 0.1) is 0 Å². The van der Waals surface area contributed by atoms with Crippen molar-refractivity contribution < 1.29 is 13.2 Å². The van der Waals surface area contributed by atoms with Gasteiger partial charge in [0.25, 0.3) is 0 Å². The molecular formula is C4H8O3S. The number of sulfone groups is 1. The molecule has 0 spiro atoms. The topological polar surface area (TPSA) is 43.4 Å². The highest BCUT2D eigenvalue weighted by atomic mass is 32.2. The normalized spacial score (nSPS) is 35.4. The van der Waals surface area contributed by atoms with Gasteiger partial charge in [0.15, 0.2) is 9.84 Å². The third-order valence-corrected chi connectivity index (χ3v) is 2.49. The summed E-state index contributed by atoms with van der Waals surface area (Å²) in [6.45, 7) is 1.75. The van der Waals surface area contributed by atoms with E-state index in [-0.39, 0.29) is 17.8 Å². The fourth-order valence-corrected chi connectivity index (χ4v) is 2.02. The van der Waals surface area contributed by atoms with E-state index in [0.717, 1.165) is 0 Å². The smallest absolute Gasteiger partial charge is 0.176 e. The van der Waals surface area contributed by atoms with E-state index in [1.807, 2.05) is 0 Å². The molecule has 0 N–H and O–H groups in total. The molecule has 0 aliphatic carbocycles. The molecule has 0 radical (unpaired) electrons. The van der Waals surface area contributed by atoms with Gasteiger partial charge in [0.2, 0.25) is 0 Å². The van der Waals surface area contributed by atoms with Crippen LogP contribution in [0.15, 0.2) is 0 Å². The van der Waals surface area contributed by atoms with Crippen molar-refractivity contribution in [3.63, 3.8) is 0 Å². The summed E-state index contributed by atoms with van der Waals surface area (Å²) in [7, 11) is -2.82. The Morgan fingerprint density at radius 2 is 2.25 bits per heavy atom. The van der Waals surface area contributed by atoms with Crippen molar-refractivity contribution in [2.24, 2.45) is 0 Å². The molecule has 0 amide bonds. The molecule has 0 aromatic carbocycles. The van der Waals surface area contributed by atoms with Crippen LogP contribution in [-0.4, -0.2) is 26.2 Å². The zero-order chi connectivity index (χ0) is 6.20. The number of hydrogen-bond acceptors (Lipinski definition) is 3. The fraction of sp³-hybridized carbons (Fsp3) is 1.00. The Balaban J connectivity index is 2.71. The Kier molecular flexibility index (Phi) is 1.28. The van der Waals surface area contributed by atoms with Gasteiger partial charge in [-0.3, -0.25) is 0 Å². The van der Waals surface area contributed by atoms with Crippen LogP contribution in [0.3, 0.4) is 0 Å². The molecule has 1 aliphatic heterocycles. The van der Waals surface area contributed by atoms with Gasteiger partial charge < -0.3 is 4.74 Å². The highest BCUT2D eigenvalue weighted by Crippen LogP contribution is 2.08. The molecule has 0 bridgehead atoms. The molecule has 3 nitrogen and oxygen atoms in total. The standard InChI is InChI=1S/C4H8O3S/c1-4-2-8(5,6)3-7-4/h4H,2-3H2,1H3/t4-/m0/s1. The van der Waals surface area contributed by atoms with Crippen molar-refractivity contribution in [1.82, 2.24) is 0 Å². The summed E-state index contributed by atoms with van der Waals surface area (Å²) in [6.07, 6.45) is -0.0972. The fourth-order valence-electron chi connectivity index (χ4n) is 0.674. The second kappa shape index (κ2) is 1.70. The predicted molar refractivity (Wildman–Crippen MR) is 29.2 cm³/mol. The molecule has 0 unspecified atom stereocenters. The second-order valence-corrected chi connectivity index (χ2v) is 4.06. The summed E-state index contributed by atoms with van der Waals surface area (Å²) < 4.78 is 25.8. The summed E-state index contributed by atoms with van der Waals surface area (Å²) in [6, 6.07) is 0. The highest BCUT2D eigenvalue weighted by Gasteiger charge is 2.24. The number of ether oxygens (including phenoxy) is 1. The van der Waals surface area contributed by atoms with E-state index >= 15 is 0 Å². The zero-order valence-electron chi connectivity index (χ0n) is 4.62. The van der Waals surface area contributed by atoms with Crippen LogP contribution in [0.2, 0.25) is 0 Å². The Hall–Kier alpha value is -0.0900. The summed E-state index contributed by atoms with van der Waals surface area (Å²) in [5.41, 5.74) is 0. The molecule has 48 valence electrons. The Labute approximate surface area is 48.6 Å². The third-order valence-electron chi connectivity index (χ3n) is 1.02. The lowest BCUT2D eigenvalue weighted by Gasteiger charge is -1.91. The molecule has 1 fully saturated rings. The Bertz CT molecular complexity index is 170. The van der Waals surface area contributed by atoms with Crippen LogP contribution in [0.5, 0.6) is 0 Å². The van der Waals surface area contributed by atoms with Crippen molar-refractivity contribution in [1.29, 1.82) is 0 Å². The minimum absolute atomic E-state index is 0.0891. The van der Waals surface area contributed by atoms with Gasteiger partial charge in [-0.25, -0.2) is 8.42 Å². The van der Waals surface area contributed by atoms with Gasteiger partial charge in [-0.1, -0.05) is 0 Å². The predicted octanol–water partition coefficient (Wildman–Crippen LogP) is -0.223. The minimum atomic E-state index is -2.82. The van der Waals surface area contributed by atoms with Gasteiger partial charge in [-0.05, 0) is 6.92 Å². The maximum Gasteiger partial charge on any atom is 0.176 e. The molecule has 1 heterocycles. The summed E-state index contributed by atoms with van der Waals surface area (Å²) in [4.78, 5) is 0. The van der Waals surface area contributed by atoms with Gasteiger partial charge in [0, 0.05) is 0 Å². The Morgan fingerprint density at radius 1 is 1.62 bits per heavy atom. The largest absolute Gasteiger partial charge is 0.362 e. The molecule has 1 rings (SSSR count). The quantitative estimate of drug-likeness (QED) is 0.462. The van der Waals surface area contributed by atoms with Crippen LogP contribution in [-0.2, 0) is 14.6 Å². The first kappa shape index (κ1) is 6.04. The monoisotopic (exact) mass is 136 g/mol. The van der Waals surface area contributed by atoms with Crippen LogP contribution >= 0.6 is 0 Å². The van der Waals surface area contributed by atoms with Gasteiger partial charge >= 0.3 is 0 Å². The van der Waals surface area contributed by atoms with E-state index in [9.17, 15) is 8.42 Å². The van der Waals surface area contributed by atoms with Crippen molar-refractivity contribution in [3.05, 3.63) is 0 Å². The first-order valence-electron chi connectivity index (χ1n) is 2.42. The number of rotatable bonds is 0. The van der Waals surface area contributed by atoms with E-state index in [0.29, 0.717) is 0 Å². The highest BCUT2D eigenvalue weighted by molar-refractivity contribution is 7.91. The van der Waals surface area contributed by atoms with Crippen molar-refractivity contribution in [2.45, 2.75) is 13.0 Å². The molecule has 1 atom stereocenters. The van der Waals surface area contributed by atoms with E-state index in [2.05, 4.69) is 0 Å². The molecule has 0 saturated carbocycles. The Morgan fingerprint density at radius 3 is 2.38 bits per heavy atom. The van der Waals surface area contributed by atoms with Gasteiger partial charge in [0.1, 0.15) is 5.94 Å². The lowest BCUT2D eigenvalue weighted by molar-refractivity contribution is 0.138. The van der Waals surface area contributed by atoms with E-state index in [1.165, 1.54) is 0 Å². The maximum absolute atomic E-state index is 10.5. The van der Waals surface area contributed by atoms with Crippen LogP contribution in [0.25, 0.3) is 0 Å². The lowest BCUT2D eigenvalue weighted by Crippen LogP contribution is -2.05. The van der Waals surface area contributed by atoms with Gasteiger partial charge in [-0.15, -0.1) is 0 Å². The van der Waals surface area contributed by atoms with Gasteiger partial charge in [-0.2, -0.15) is 0 Å². The van der Waals surface area contributed by atoms with Crippen LogP contribution in [0.1, 0.15) is 6.92 Å². The molecule has 0 aromatic heterocycles. The summed E-state index contributed by atoms with van der Waals surface area (Å²) >= 11 is 0. The van der Waals surface area contributed by atoms with Crippen molar-refractivity contribution in [3.8, 4) is 0 Å². The first-order valence-corrected chi connectivity index (χ1v) is 4.24. The third kappa shape index (κ3) is 1.20. The molecule has 1 saturated heterocycles. The summed E-state index contributed by atoms with van der Waals surface area (Å²) in [5, 5.41) is 0. The van der Waals surface area contributed by atoms with Crippen LogP contribution in [0.4, 0.5) is 0 Å². The van der Waals surface area contributed by atoms with E-state index < -0.39 is 9.84 Å². The van der Waals surface area contributed by atoms with E-state index in [1.54, 1.807) is 6.92 Å². The molecule has 8 heavy (non-hydrogen) atoms. The van der Waals surface area contributed by atoms with E-state index in [4.69, 9.17) is 4.74 Å². The molecule has 1 aliphatic rings. The average Bonchev–Trinajstić information content (AvgIpc) is 1.82. The van der Waals surface area contributed by atoms with Gasteiger partial charge in [0.05, 0.1) is 11.9 Å².